The van der Waals surface area contributed by atoms with E-state index in [1.54, 1.807) is 37.7 Å². The smallest absolute Gasteiger partial charge is 0.398 e. The van der Waals surface area contributed by atoms with Crippen LogP contribution < -0.4 is 0 Å². The fraction of sp³-hybridized carbons (Fsp3) is 1.00. The largest absolute Gasteiger partial charge is 0.674 e. The van der Waals surface area contributed by atoms with Crippen molar-refractivity contribution in [2.45, 2.75) is 19.3 Å². The van der Waals surface area contributed by atoms with Gasteiger partial charge in [0.2, 0.25) is 0 Å². The summed E-state index contributed by atoms with van der Waals surface area (Å²) in [5.41, 5.74) is 0. The first-order chi connectivity index (χ1) is 6.63. The van der Waals surface area contributed by atoms with E-state index in [9.17, 15) is 4.32 Å². The van der Waals surface area contributed by atoms with Crippen molar-refractivity contribution in [2.24, 2.45) is 17.8 Å². The average molecular weight is 254 g/mol. The second-order valence-electron chi connectivity index (χ2n) is 4.83. The summed E-state index contributed by atoms with van der Waals surface area (Å²) in [5.74, 6) is 3.62. The Balaban J connectivity index is 0.000000200. The van der Waals surface area contributed by atoms with E-state index in [0.29, 0.717) is 7.92 Å². The van der Waals surface area contributed by atoms with Crippen molar-refractivity contribution in [1.82, 2.24) is 0 Å². The number of rotatable bonds is 0. The summed E-state index contributed by atoms with van der Waals surface area (Å²) < 4.78 is 10.1. The van der Waals surface area contributed by atoms with Crippen molar-refractivity contribution < 1.29 is 14.4 Å². The molecule has 3 saturated heterocycles. The van der Waals surface area contributed by atoms with Crippen LogP contribution in [-0.2, 0) is 0 Å². The van der Waals surface area contributed by atoms with Crippen molar-refractivity contribution in [3.05, 3.63) is 0 Å². The average Bonchev–Trinajstić information content (AvgIpc) is 1.98. The van der Waals surface area contributed by atoms with Gasteiger partial charge in [0.1, 0.15) is 0 Å². The molecule has 4 aliphatic rings. The fourth-order valence-corrected chi connectivity index (χ4v) is 7.00. The molecule has 15 heavy (non-hydrogen) atoms. The van der Waals surface area contributed by atoms with Gasteiger partial charge < -0.3 is 10.0 Å². The van der Waals surface area contributed by atoms with Gasteiger partial charge in [-0.2, -0.15) is 0 Å². The lowest BCUT2D eigenvalue weighted by atomic mass is 9.76. The van der Waals surface area contributed by atoms with Crippen molar-refractivity contribution >= 4 is 27.7 Å². The van der Waals surface area contributed by atoms with Crippen molar-refractivity contribution in [3.63, 3.8) is 0 Å². The Bertz CT molecular complexity index is 149. The molecule has 0 aromatic carbocycles. The molecular weight excluding hydrogens is 236 g/mol. The van der Waals surface area contributed by atoms with Crippen molar-refractivity contribution in [1.29, 1.82) is 0 Å². The van der Waals surface area contributed by atoms with E-state index < -0.39 is 7.40 Å². The second kappa shape index (κ2) is 5.81. The SMILES string of the molecule is C1C2CC3CC1CP(C2)C3.Cl.OB(O)F. The monoisotopic (exact) mass is 254 g/mol. The van der Waals surface area contributed by atoms with Gasteiger partial charge in [-0.15, -0.1) is 20.3 Å². The predicted molar refractivity (Wildman–Crippen MR) is 64.4 cm³/mol. The van der Waals surface area contributed by atoms with Gasteiger partial charge in [0, 0.05) is 0 Å². The van der Waals surface area contributed by atoms with Crippen LogP contribution in [-0.4, -0.2) is 35.9 Å². The zero-order valence-electron chi connectivity index (χ0n) is 8.68. The van der Waals surface area contributed by atoms with Crippen LogP contribution >= 0.6 is 20.3 Å². The van der Waals surface area contributed by atoms with Crippen LogP contribution in [0.5, 0.6) is 0 Å². The molecule has 4 rings (SSSR count). The topological polar surface area (TPSA) is 40.5 Å². The molecule has 88 valence electrons. The van der Waals surface area contributed by atoms with Gasteiger partial charge in [0.15, 0.2) is 0 Å². The fourth-order valence-electron chi connectivity index (χ4n) is 3.47. The third kappa shape index (κ3) is 3.85. The Labute approximate surface area is 98.0 Å². The van der Waals surface area contributed by atoms with Gasteiger partial charge in [0.05, 0.1) is 0 Å². The van der Waals surface area contributed by atoms with Gasteiger partial charge in [-0.05, 0) is 55.5 Å². The van der Waals surface area contributed by atoms with E-state index in [4.69, 9.17) is 10.0 Å². The van der Waals surface area contributed by atoms with Crippen LogP contribution in [0, 0.1) is 17.8 Å². The van der Waals surface area contributed by atoms with E-state index in [1.807, 2.05) is 0 Å². The van der Waals surface area contributed by atoms with E-state index >= 15 is 0 Å². The maximum atomic E-state index is 10.1. The van der Waals surface area contributed by atoms with Gasteiger partial charge in [-0.1, -0.05) is 0 Å². The summed E-state index contributed by atoms with van der Waals surface area (Å²) >= 11 is 0. The van der Waals surface area contributed by atoms with E-state index in [-0.39, 0.29) is 12.4 Å². The molecule has 0 amide bonds. The van der Waals surface area contributed by atoms with E-state index in [0.717, 1.165) is 0 Å². The van der Waals surface area contributed by atoms with E-state index in [1.165, 1.54) is 17.8 Å². The Hall–Kier alpha value is 0.635. The van der Waals surface area contributed by atoms with Gasteiger partial charge in [0.25, 0.3) is 0 Å². The van der Waals surface area contributed by atoms with E-state index in [2.05, 4.69) is 0 Å². The highest BCUT2D eigenvalue weighted by atomic mass is 35.5. The highest BCUT2D eigenvalue weighted by molar-refractivity contribution is 7.57. The molecule has 0 radical (unpaired) electrons. The second-order valence-corrected chi connectivity index (χ2v) is 7.27. The molecular formula is C9H18BClFO2P. The minimum absolute atomic E-state index is 0. The maximum absolute atomic E-state index is 10.1. The lowest BCUT2D eigenvalue weighted by molar-refractivity contribution is 0.212. The molecule has 3 aliphatic heterocycles. The maximum Gasteiger partial charge on any atom is 0.674 e. The number of halogens is 2. The standard InChI is InChI=1S/C9H15P.BFH2O2.ClH/c1-7-2-9-3-8(1)5-10(4-7)6-9;2-1(3)4;/h7-9H,1-6H2;3-4H;1H. The Morgan fingerprint density at radius 1 is 0.933 bits per heavy atom. The first-order valence-corrected chi connectivity index (χ1v) is 7.25. The zero-order valence-corrected chi connectivity index (χ0v) is 10.4. The Kier molecular flexibility index (Phi) is 5.31. The van der Waals surface area contributed by atoms with Gasteiger partial charge in [-0.25, -0.2) is 0 Å². The van der Waals surface area contributed by atoms with Crippen molar-refractivity contribution in [3.8, 4) is 0 Å². The molecule has 0 aromatic heterocycles. The van der Waals surface area contributed by atoms with Crippen LogP contribution in [0.25, 0.3) is 0 Å². The molecule has 1 aliphatic carbocycles. The predicted octanol–water partition coefficient (Wildman–Crippen LogP) is 1.88. The zero-order chi connectivity index (χ0) is 10.1. The molecule has 0 spiro atoms. The molecule has 2 nitrogen and oxygen atoms in total. The molecule has 4 bridgehead atoms. The number of hydrogen-bond acceptors (Lipinski definition) is 2. The molecule has 6 heteroatoms. The minimum Gasteiger partial charge on any atom is -0.398 e. The summed E-state index contributed by atoms with van der Waals surface area (Å²) in [5, 5.41) is 13.9. The third-order valence-corrected chi connectivity index (χ3v) is 6.65. The summed E-state index contributed by atoms with van der Waals surface area (Å²) in [6, 6.07) is 0. The van der Waals surface area contributed by atoms with Crippen molar-refractivity contribution in [2.75, 3.05) is 18.5 Å². The first kappa shape index (κ1) is 13.7. The van der Waals surface area contributed by atoms with Gasteiger partial charge in [-0.3, -0.25) is 4.32 Å². The Morgan fingerprint density at radius 2 is 1.20 bits per heavy atom. The van der Waals surface area contributed by atoms with Crippen LogP contribution in [0.2, 0.25) is 0 Å². The molecule has 0 aromatic rings. The summed E-state index contributed by atoms with van der Waals surface area (Å²) in [7, 11) is -2.08. The molecule has 0 unspecified atom stereocenters. The van der Waals surface area contributed by atoms with Crippen LogP contribution in [0.4, 0.5) is 4.32 Å². The number of hydrogen-bond donors (Lipinski definition) is 2. The summed E-state index contributed by atoms with van der Waals surface area (Å²) in [6.45, 7) is 0. The third-order valence-electron chi connectivity index (χ3n) is 3.55. The van der Waals surface area contributed by atoms with Crippen LogP contribution in [0.3, 0.4) is 0 Å². The molecule has 1 saturated carbocycles. The first-order valence-electron chi connectivity index (χ1n) is 5.36. The molecule has 3 heterocycles. The minimum atomic E-state index is -2.67. The highest BCUT2D eigenvalue weighted by Gasteiger charge is 2.41. The quantitative estimate of drug-likeness (QED) is 0.512. The van der Waals surface area contributed by atoms with Crippen LogP contribution in [0.1, 0.15) is 19.3 Å². The summed E-state index contributed by atoms with van der Waals surface area (Å²) in [4.78, 5) is 0. The lowest BCUT2D eigenvalue weighted by Gasteiger charge is -2.49. The Morgan fingerprint density at radius 3 is 1.40 bits per heavy atom. The highest BCUT2D eigenvalue weighted by Crippen LogP contribution is 2.59. The van der Waals surface area contributed by atoms with Gasteiger partial charge >= 0.3 is 7.40 Å². The lowest BCUT2D eigenvalue weighted by Crippen LogP contribution is -2.38. The molecule has 2 N–H and O–H groups in total. The summed E-state index contributed by atoms with van der Waals surface area (Å²) in [6.07, 6.45) is 9.87. The molecule has 4 fully saturated rings. The molecule has 0 atom stereocenters. The normalized spacial score (nSPS) is 40.2. The van der Waals surface area contributed by atoms with Crippen LogP contribution in [0.15, 0.2) is 0 Å².